The van der Waals surface area contributed by atoms with Crippen LogP contribution in [-0.4, -0.2) is 38.7 Å². The fourth-order valence-corrected chi connectivity index (χ4v) is 4.47. The van der Waals surface area contributed by atoms with E-state index in [1.54, 1.807) is 60.1 Å². The van der Waals surface area contributed by atoms with Crippen molar-refractivity contribution in [3.05, 3.63) is 66.6 Å². The minimum absolute atomic E-state index is 0.00721. The fraction of sp³-hybridized carbons (Fsp3) is 0.136. The number of aromatic nitrogens is 5. The van der Waals surface area contributed by atoms with Gasteiger partial charge in [-0.1, -0.05) is 19.1 Å². The van der Waals surface area contributed by atoms with Gasteiger partial charge < -0.3 is 10.3 Å². The van der Waals surface area contributed by atoms with Gasteiger partial charge in [-0.15, -0.1) is 5.10 Å². The van der Waals surface area contributed by atoms with Crippen LogP contribution in [0.15, 0.2) is 65.7 Å². The normalized spacial score (nSPS) is 12.5. The third-order valence-electron chi connectivity index (χ3n) is 5.27. The quantitative estimate of drug-likeness (QED) is 0.369. The number of H-pyrrole nitrogens is 1. The van der Waals surface area contributed by atoms with Crippen LogP contribution in [0.1, 0.15) is 12.7 Å². The number of anilines is 2. The van der Waals surface area contributed by atoms with Crippen molar-refractivity contribution in [3.8, 4) is 11.3 Å². The van der Waals surface area contributed by atoms with Gasteiger partial charge in [-0.25, -0.2) is 22.9 Å². The third kappa shape index (κ3) is 3.96. The molecule has 174 valence electrons. The Hall–Kier alpha value is -3.93. The van der Waals surface area contributed by atoms with Crippen molar-refractivity contribution in [1.29, 1.82) is 0 Å². The first-order chi connectivity index (χ1) is 16.1. The number of imidazole rings is 1. The lowest BCUT2D eigenvalue weighted by atomic mass is 10.2. The molecule has 0 radical (unpaired) electrons. The van der Waals surface area contributed by atoms with Crippen molar-refractivity contribution in [2.75, 3.05) is 11.1 Å². The molecule has 0 aliphatic carbocycles. The van der Waals surface area contributed by atoms with Crippen molar-refractivity contribution in [2.24, 2.45) is 0 Å². The highest BCUT2D eigenvalue weighted by Gasteiger charge is 2.34. The molecule has 0 spiro atoms. The predicted octanol–water partition coefficient (Wildman–Crippen LogP) is 4.83. The average molecular weight is 486 g/mol. The van der Waals surface area contributed by atoms with Crippen LogP contribution in [0.4, 0.5) is 24.8 Å². The second kappa shape index (κ2) is 7.83. The second-order valence-corrected chi connectivity index (χ2v) is 9.79. The minimum atomic E-state index is -4.57. The first kappa shape index (κ1) is 21.9. The van der Waals surface area contributed by atoms with Crippen LogP contribution in [-0.2, 0) is 16.0 Å². The molecular weight excluding hydrogens is 469 g/mol. The van der Waals surface area contributed by atoms with Gasteiger partial charge in [0.05, 0.1) is 39.1 Å². The van der Waals surface area contributed by atoms with E-state index in [4.69, 9.17) is 0 Å². The van der Waals surface area contributed by atoms with E-state index >= 15 is 0 Å². The van der Waals surface area contributed by atoms with Gasteiger partial charge >= 0.3 is 6.18 Å². The van der Waals surface area contributed by atoms with Gasteiger partial charge in [0.1, 0.15) is 0 Å². The highest BCUT2D eigenvalue weighted by atomic mass is 32.2. The van der Waals surface area contributed by atoms with Gasteiger partial charge in [0.15, 0.2) is 9.84 Å². The highest BCUT2D eigenvalue weighted by Crippen LogP contribution is 2.30. The van der Waals surface area contributed by atoms with Crippen LogP contribution < -0.4 is 5.32 Å². The van der Waals surface area contributed by atoms with Gasteiger partial charge in [-0.3, -0.25) is 0 Å². The molecule has 0 bridgehead atoms. The van der Waals surface area contributed by atoms with E-state index in [0.29, 0.717) is 22.5 Å². The lowest BCUT2D eigenvalue weighted by Crippen LogP contribution is -2.06. The average Bonchev–Trinajstić information content (AvgIpc) is 3.43. The summed E-state index contributed by atoms with van der Waals surface area (Å²) in [6.45, 7) is 1.59. The molecule has 0 unspecified atom stereocenters. The molecular formula is C22H17F3N6O2S. The largest absolute Gasteiger partial charge is 0.449 e. The van der Waals surface area contributed by atoms with E-state index in [2.05, 4.69) is 25.4 Å². The molecule has 0 fully saturated rings. The Bertz CT molecular complexity index is 1640. The Kier molecular flexibility index (Phi) is 5.04. The van der Waals surface area contributed by atoms with Crippen LogP contribution in [0.25, 0.3) is 27.8 Å². The molecule has 2 N–H and O–H groups in total. The smallest absolute Gasteiger partial charge is 0.334 e. The molecule has 5 aromatic rings. The number of rotatable bonds is 5. The maximum absolute atomic E-state index is 12.9. The molecule has 8 nitrogen and oxygen atoms in total. The summed E-state index contributed by atoms with van der Waals surface area (Å²) in [6.07, 6.45) is -2.98. The number of hydrogen-bond donors (Lipinski definition) is 2. The van der Waals surface area contributed by atoms with Gasteiger partial charge in [-0.05, 0) is 42.5 Å². The lowest BCUT2D eigenvalue weighted by molar-refractivity contribution is -0.144. The molecule has 2 aromatic carbocycles. The summed E-state index contributed by atoms with van der Waals surface area (Å²) in [5.74, 6) is -0.869. The number of alkyl halides is 3. The van der Waals surface area contributed by atoms with Gasteiger partial charge in [0.25, 0.3) is 0 Å². The molecule has 34 heavy (non-hydrogen) atoms. The van der Waals surface area contributed by atoms with Gasteiger partial charge in [-0.2, -0.15) is 13.2 Å². The molecule has 5 rings (SSSR count). The molecule has 3 aromatic heterocycles. The number of nitrogens with one attached hydrogen (secondary N) is 2. The molecule has 12 heteroatoms. The van der Waals surface area contributed by atoms with Crippen molar-refractivity contribution >= 4 is 38.0 Å². The SMILES string of the molecule is CCS(=O)(=O)c1cccc(-c2ccc3cnc(Nc4ccc5nc(C(F)(F)F)[nH]c5c4)nn23)c1. The predicted molar refractivity (Wildman–Crippen MR) is 121 cm³/mol. The van der Waals surface area contributed by atoms with Gasteiger partial charge in [0, 0.05) is 11.3 Å². The number of nitrogens with zero attached hydrogens (tertiary/aromatic N) is 4. The van der Waals surface area contributed by atoms with E-state index in [1.807, 2.05) is 0 Å². The lowest BCUT2D eigenvalue weighted by Gasteiger charge is -2.08. The Labute approximate surface area is 191 Å². The molecule has 0 aliphatic rings. The first-order valence-corrected chi connectivity index (χ1v) is 11.8. The van der Waals surface area contributed by atoms with Crippen LogP contribution in [0.3, 0.4) is 0 Å². The number of fused-ring (bicyclic) bond motifs is 2. The summed E-state index contributed by atoms with van der Waals surface area (Å²) >= 11 is 0. The molecule has 0 saturated carbocycles. The van der Waals surface area contributed by atoms with Crippen LogP contribution in [0, 0.1) is 0 Å². The first-order valence-electron chi connectivity index (χ1n) is 10.2. The summed E-state index contributed by atoms with van der Waals surface area (Å²) in [7, 11) is -3.37. The summed E-state index contributed by atoms with van der Waals surface area (Å²) < 4.78 is 64.9. The molecule has 3 heterocycles. The van der Waals surface area contributed by atoms with E-state index < -0.39 is 21.8 Å². The topological polar surface area (TPSA) is 105 Å². The second-order valence-electron chi connectivity index (χ2n) is 7.51. The van der Waals surface area contributed by atoms with Crippen LogP contribution >= 0.6 is 0 Å². The number of benzene rings is 2. The van der Waals surface area contributed by atoms with Crippen LogP contribution in [0.5, 0.6) is 0 Å². The zero-order valence-corrected chi connectivity index (χ0v) is 18.4. The Morgan fingerprint density at radius 2 is 1.91 bits per heavy atom. The van der Waals surface area contributed by atoms with Crippen molar-refractivity contribution < 1.29 is 21.6 Å². The number of halogens is 3. The van der Waals surface area contributed by atoms with E-state index in [0.717, 1.165) is 0 Å². The molecule has 0 aliphatic heterocycles. The minimum Gasteiger partial charge on any atom is -0.334 e. The Balaban J connectivity index is 1.50. The summed E-state index contributed by atoms with van der Waals surface area (Å²) in [5, 5.41) is 7.46. The van der Waals surface area contributed by atoms with Crippen LogP contribution in [0.2, 0.25) is 0 Å². The maximum atomic E-state index is 12.9. The van der Waals surface area contributed by atoms with Crippen molar-refractivity contribution in [1.82, 2.24) is 24.6 Å². The zero-order valence-electron chi connectivity index (χ0n) is 17.6. The van der Waals surface area contributed by atoms with E-state index in [9.17, 15) is 21.6 Å². The Morgan fingerprint density at radius 1 is 1.09 bits per heavy atom. The van der Waals surface area contributed by atoms with Gasteiger partial charge in [0.2, 0.25) is 11.8 Å². The monoisotopic (exact) mass is 486 g/mol. The maximum Gasteiger partial charge on any atom is 0.449 e. The third-order valence-corrected chi connectivity index (χ3v) is 7.01. The van der Waals surface area contributed by atoms with Crippen molar-refractivity contribution in [3.63, 3.8) is 0 Å². The zero-order chi connectivity index (χ0) is 24.1. The fourth-order valence-electron chi connectivity index (χ4n) is 3.54. The molecule has 0 amide bonds. The number of hydrogen-bond acceptors (Lipinski definition) is 6. The summed E-state index contributed by atoms with van der Waals surface area (Å²) in [6, 6.07) is 14.7. The number of sulfone groups is 1. The number of aromatic amines is 1. The summed E-state index contributed by atoms with van der Waals surface area (Å²) in [4.78, 5) is 10.3. The standard InChI is InChI=1S/C22H17F3N6O2S/c1-2-34(32,33)16-5-3-4-13(10-16)19-9-7-15-12-26-21(30-31(15)19)27-14-6-8-17-18(11-14)29-20(28-17)22(23,24)25/h3-12H,2H2,1H3,(H,27,30)(H,28,29). The Morgan fingerprint density at radius 3 is 2.68 bits per heavy atom. The van der Waals surface area contributed by atoms with E-state index in [-0.39, 0.29) is 27.6 Å². The highest BCUT2D eigenvalue weighted by molar-refractivity contribution is 7.91. The molecule has 0 atom stereocenters. The summed E-state index contributed by atoms with van der Waals surface area (Å²) in [5.41, 5.74) is 2.88. The molecule has 0 saturated heterocycles. The van der Waals surface area contributed by atoms with Crippen molar-refractivity contribution in [2.45, 2.75) is 18.0 Å². The van der Waals surface area contributed by atoms with E-state index in [1.165, 1.54) is 12.1 Å².